The van der Waals surface area contributed by atoms with Crippen molar-refractivity contribution in [3.63, 3.8) is 0 Å². The van der Waals surface area contributed by atoms with E-state index in [9.17, 15) is 4.79 Å². The first-order valence-corrected chi connectivity index (χ1v) is 9.74. The summed E-state index contributed by atoms with van der Waals surface area (Å²) in [5.74, 6) is 0.679. The molecule has 1 amide bonds. The third-order valence-electron chi connectivity index (χ3n) is 4.86. The van der Waals surface area contributed by atoms with Crippen molar-refractivity contribution < 1.29 is 9.53 Å². The number of carbonyl (C=O) groups excluding carboxylic acids is 1. The van der Waals surface area contributed by atoms with Crippen molar-refractivity contribution in [3.05, 3.63) is 53.3 Å². The van der Waals surface area contributed by atoms with E-state index in [1.807, 2.05) is 41.1 Å². The van der Waals surface area contributed by atoms with Crippen molar-refractivity contribution in [3.8, 4) is 5.82 Å². The average molecular weight is 400 g/mol. The van der Waals surface area contributed by atoms with Crippen LogP contribution < -0.4 is 5.32 Å². The zero-order chi connectivity index (χ0) is 19.3. The van der Waals surface area contributed by atoms with E-state index in [4.69, 9.17) is 16.3 Å². The van der Waals surface area contributed by atoms with Crippen molar-refractivity contribution in [1.82, 2.24) is 25.0 Å². The molecule has 3 aromatic rings. The van der Waals surface area contributed by atoms with Crippen molar-refractivity contribution in [2.45, 2.75) is 6.42 Å². The standard InChI is InChI=1S/C20H22ClN5O2/c21-18-5-6-19(24-23-18)26-14-15(16-3-1-2-4-17(16)26)13-20(27)22-7-8-25-9-11-28-12-10-25/h1-6,14H,7-13H2,(H,22,27). The minimum Gasteiger partial charge on any atom is -0.379 e. The molecule has 7 nitrogen and oxygen atoms in total. The minimum atomic E-state index is 0.0124. The highest BCUT2D eigenvalue weighted by Crippen LogP contribution is 2.24. The fraction of sp³-hybridized carbons (Fsp3) is 0.350. The van der Waals surface area contributed by atoms with Gasteiger partial charge in [0, 0.05) is 37.8 Å². The lowest BCUT2D eigenvalue weighted by Crippen LogP contribution is -2.41. The lowest BCUT2D eigenvalue weighted by atomic mass is 10.1. The number of rotatable bonds is 6. The summed E-state index contributed by atoms with van der Waals surface area (Å²) in [7, 11) is 0. The van der Waals surface area contributed by atoms with Gasteiger partial charge in [-0.05, 0) is 23.8 Å². The normalized spacial score (nSPS) is 15.0. The molecule has 1 aromatic carbocycles. The first-order valence-electron chi connectivity index (χ1n) is 9.36. The summed E-state index contributed by atoms with van der Waals surface area (Å²) in [6.45, 7) is 4.86. The number of fused-ring (bicyclic) bond motifs is 1. The number of para-hydroxylation sites is 1. The van der Waals surface area contributed by atoms with E-state index < -0.39 is 0 Å². The molecule has 8 heteroatoms. The number of aromatic nitrogens is 3. The predicted octanol–water partition coefficient (Wildman–Crippen LogP) is 2.06. The van der Waals surface area contributed by atoms with Crippen LogP contribution in [0.1, 0.15) is 5.56 Å². The molecule has 0 radical (unpaired) electrons. The largest absolute Gasteiger partial charge is 0.379 e. The summed E-state index contributed by atoms with van der Waals surface area (Å²) in [6.07, 6.45) is 2.27. The van der Waals surface area contributed by atoms with Gasteiger partial charge in [0.15, 0.2) is 11.0 Å². The van der Waals surface area contributed by atoms with E-state index in [1.54, 1.807) is 6.07 Å². The Bertz CT molecular complexity index is 951. The molecule has 28 heavy (non-hydrogen) atoms. The SMILES string of the molecule is O=C(Cc1cn(-c2ccc(Cl)nn2)c2ccccc12)NCCN1CCOCC1. The Hall–Kier alpha value is -2.48. The molecule has 1 aliphatic heterocycles. The Balaban J connectivity index is 1.46. The van der Waals surface area contributed by atoms with Gasteiger partial charge in [-0.2, -0.15) is 0 Å². The van der Waals surface area contributed by atoms with E-state index in [2.05, 4.69) is 20.4 Å². The van der Waals surface area contributed by atoms with Crippen LogP contribution in [0.2, 0.25) is 5.15 Å². The summed E-state index contributed by atoms with van der Waals surface area (Å²) in [4.78, 5) is 14.8. The number of ether oxygens (including phenoxy) is 1. The Morgan fingerprint density at radius 1 is 1.14 bits per heavy atom. The minimum absolute atomic E-state index is 0.0124. The first-order chi connectivity index (χ1) is 13.7. The van der Waals surface area contributed by atoms with Crippen molar-refractivity contribution in [1.29, 1.82) is 0 Å². The zero-order valence-corrected chi connectivity index (χ0v) is 16.2. The van der Waals surface area contributed by atoms with Crippen molar-refractivity contribution in [2.75, 3.05) is 39.4 Å². The lowest BCUT2D eigenvalue weighted by Gasteiger charge is -2.26. The fourth-order valence-electron chi connectivity index (χ4n) is 3.43. The summed E-state index contributed by atoms with van der Waals surface area (Å²) in [5, 5.41) is 12.5. The van der Waals surface area contributed by atoms with Crippen LogP contribution in [0.4, 0.5) is 0 Å². The number of halogens is 1. The van der Waals surface area contributed by atoms with Gasteiger partial charge in [0.1, 0.15) is 0 Å². The first kappa shape index (κ1) is 18.9. The second kappa shape index (κ2) is 8.68. The van der Waals surface area contributed by atoms with Crippen LogP contribution in [0.15, 0.2) is 42.6 Å². The summed E-state index contributed by atoms with van der Waals surface area (Å²) in [6, 6.07) is 11.5. The molecule has 1 aliphatic rings. The van der Waals surface area contributed by atoms with Crippen LogP contribution in [0.5, 0.6) is 0 Å². The molecule has 2 aromatic heterocycles. The Labute approximate surface area is 168 Å². The number of carbonyl (C=O) groups is 1. The van der Waals surface area contributed by atoms with Gasteiger partial charge in [0.2, 0.25) is 5.91 Å². The van der Waals surface area contributed by atoms with E-state index >= 15 is 0 Å². The number of benzene rings is 1. The third kappa shape index (κ3) is 4.32. The summed E-state index contributed by atoms with van der Waals surface area (Å²) >= 11 is 5.85. The molecule has 3 heterocycles. The molecule has 0 spiro atoms. The summed E-state index contributed by atoms with van der Waals surface area (Å²) in [5.41, 5.74) is 1.94. The van der Waals surface area contributed by atoms with Gasteiger partial charge in [0.25, 0.3) is 0 Å². The number of nitrogens with one attached hydrogen (secondary N) is 1. The van der Waals surface area contributed by atoms with Gasteiger partial charge < -0.3 is 10.1 Å². The number of nitrogens with zero attached hydrogens (tertiary/aromatic N) is 4. The molecule has 0 unspecified atom stereocenters. The highest BCUT2D eigenvalue weighted by Gasteiger charge is 2.14. The highest BCUT2D eigenvalue weighted by molar-refractivity contribution is 6.29. The molecular formula is C20H22ClN5O2. The van der Waals surface area contributed by atoms with Crippen LogP contribution >= 0.6 is 11.6 Å². The zero-order valence-electron chi connectivity index (χ0n) is 15.5. The molecule has 0 aliphatic carbocycles. The number of morpholine rings is 1. The molecule has 1 N–H and O–H groups in total. The second-order valence-electron chi connectivity index (χ2n) is 6.74. The summed E-state index contributed by atoms with van der Waals surface area (Å²) < 4.78 is 7.28. The molecule has 1 fully saturated rings. The number of hydrogen-bond donors (Lipinski definition) is 1. The smallest absolute Gasteiger partial charge is 0.224 e. The molecular weight excluding hydrogens is 378 g/mol. The monoisotopic (exact) mass is 399 g/mol. The van der Waals surface area contributed by atoms with Crippen LogP contribution in [-0.4, -0.2) is 65.0 Å². The van der Waals surface area contributed by atoms with Gasteiger partial charge in [-0.25, -0.2) is 0 Å². The van der Waals surface area contributed by atoms with Crippen LogP contribution in [0, 0.1) is 0 Å². The molecule has 146 valence electrons. The van der Waals surface area contributed by atoms with Gasteiger partial charge in [-0.3, -0.25) is 14.3 Å². The van der Waals surface area contributed by atoms with Gasteiger partial charge in [-0.15, -0.1) is 10.2 Å². The van der Waals surface area contributed by atoms with Gasteiger partial charge in [-0.1, -0.05) is 29.8 Å². The van der Waals surface area contributed by atoms with Gasteiger partial charge in [0.05, 0.1) is 25.2 Å². The molecule has 1 saturated heterocycles. The topological polar surface area (TPSA) is 72.3 Å². The maximum absolute atomic E-state index is 12.5. The Morgan fingerprint density at radius 2 is 1.96 bits per heavy atom. The van der Waals surface area contributed by atoms with E-state index in [0.29, 0.717) is 23.9 Å². The highest BCUT2D eigenvalue weighted by atomic mass is 35.5. The Morgan fingerprint density at radius 3 is 2.75 bits per heavy atom. The molecule has 4 rings (SSSR count). The second-order valence-corrected chi connectivity index (χ2v) is 7.12. The fourth-order valence-corrected chi connectivity index (χ4v) is 3.53. The van der Waals surface area contributed by atoms with Crippen LogP contribution in [-0.2, 0) is 16.0 Å². The Kier molecular flexibility index (Phi) is 5.85. The maximum Gasteiger partial charge on any atom is 0.224 e. The predicted molar refractivity (Wildman–Crippen MR) is 108 cm³/mol. The quantitative estimate of drug-likeness (QED) is 0.687. The molecule has 0 bridgehead atoms. The van der Waals surface area contributed by atoms with E-state index in [1.165, 1.54) is 0 Å². The number of amides is 1. The lowest BCUT2D eigenvalue weighted by molar-refractivity contribution is -0.120. The van der Waals surface area contributed by atoms with E-state index in [-0.39, 0.29) is 5.91 Å². The van der Waals surface area contributed by atoms with Crippen molar-refractivity contribution in [2.24, 2.45) is 0 Å². The average Bonchev–Trinajstić information content (AvgIpc) is 3.08. The molecule has 0 atom stereocenters. The van der Waals surface area contributed by atoms with Crippen LogP contribution in [0.3, 0.4) is 0 Å². The molecule has 0 saturated carbocycles. The van der Waals surface area contributed by atoms with E-state index in [0.717, 1.165) is 49.3 Å². The van der Waals surface area contributed by atoms with Gasteiger partial charge >= 0.3 is 0 Å². The third-order valence-corrected chi connectivity index (χ3v) is 5.07. The van der Waals surface area contributed by atoms with Crippen molar-refractivity contribution >= 4 is 28.4 Å². The number of hydrogen-bond acceptors (Lipinski definition) is 5. The maximum atomic E-state index is 12.5. The van der Waals surface area contributed by atoms with Crippen LogP contribution in [0.25, 0.3) is 16.7 Å².